The standard InChI is InChI=1S/C18H31N5O8S/c1-8(2)5-9(19)15(27)23-12(7-32)17(29)21-10(3-4-13(20)24)16(28)22-11(18(30)31)6-14(25)26/h8-12,32H,3-7,19H2,1-2H3,(H2,20,24)(H,21,29)(H,22,28)(H,23,27)(H,25,26)(H,30,31). The number of primary amides is 1. The lowest BCUT2D eigenvalue weighted by atomic mass is 10.0. The molecule has 0 aromatic rings. The first kappa shape index (κ1) is 29.1. The summed E-state index contributed by atoms with van der Waals surface area (Å²) in [5.74, 6) is -6.32. The number of nitrogens with one attached hydrogen (secondary N) is 3. The number of carbonyl (C=O) groups excluding carboxylic acids is 4. The molecule has 0 aliphatic heterocycles. The minimum Gasteiger partial charge on any atom is -0.481 e. The SMILES string of the molecule is CC(C)CC(N)C(=O)NC(CS)C(=O)NC(CCC(N)=O)C(=O)NC(CC(=O)O)C(=O)O. The molecule has 32 heavy (non-hydrogen) atoms. The minimum absolute atomic E-state index is 0.133. The van der Waals surface area contributed by atoms with Crippen LogP contribution in [0.4, 0.5) is 0 Å². The van der Waals surface area contributed by atoms with Gasteiger partial charge in [-0.15, -0.1) is 0 Å². The number of aliphatic carboxylic acids is 2. The predicted octanol–water partition coefficient (Wildman–Crippen LogP) is -2.43. The van der Waals surface area contributed by atoms with Crippen molar-refractivity contribution < 1.29 is 39.0 Å². The molecule has 0 rings (SSSR count). The van der Waals surface area contributed by atoms with Crippen molar-refractivity contribution in [3.05, 3.63) is 0 Å². The fourth-order valence-corrected chi connectivity index (χ4v) is 2.82. The van der Waals surface area contributed by atoms with E-state index in [0.29, 0.717) is 6.42 Å². The average molecular weight is 478 g/mol. The van der Waals surface area contributed by atoms with E-state index in [9.17, 15) is 28.8 Å². The van der Waals surface area contributed by atoms with Gasteiger partial charge in [0.2, 0.25) is 23.6 Å². The first-order valence-corrected chi connectivity index (χ1v) is 10.4. The highest BCUT2D eigenvalue weighted by Crippen LogP contribution is 2.05. The normalized spacial score (nSPS) is 14.5. The molecule has 0 bridgehead atoms. The van der Waals surface area contributed by atoms with Crippen molar-refractivity contribution >= 4 is 48.2 Å². The highest BCUT2D eigenvalue weighted by molar-refractivity contribution is 7.80. The molecular weight excluding hydrogens is 446 g/mol. The Morgan fingerprint density at radius 3 is 1.81 bits per heavy atom. The second-order valence-electron chi connectivity index (χ2n) is 7.54. The molecule has 13 nitrogen and oxygen atoms in total. The molecule has 0 aromatic heterocycles. The molecule has 4 atom stereocenters. The van der Waals surface area contributed by atoms with Crippen molar-refractivity contribution in [3.63, 3.8) is 0 Å². The van der Waals surface area contributed by atoms with Crippen molar-refractivity contribution in [2.75, 3.05) is 5.75 Å². The van der Waals surface area contributed by atoms with E-state index in [1.165, 1.54) is 0 Å². The predicted molar refractivity (Wildman–Crippen MR) is 115 cm³/mol. The molecule has 0 aliphatic rings. The highest BCUT2D eigenvalue weighted by atomic mass is 32.1. The Morgan fingerprint density at radius 1 is 0.875 bits per heavy atom. The smallest absolute Gasteiger partial charge is 0.326 e. The molecule has 0 heterocycles. The van der Waals surface area contributed by atoms with Gasteiger partial charge in [0.1, 0.15) is 18.1 Å². The molecule has 0 fully saturated rings. The first-order valence-electron chi connectivity index (χ1n) is 9.78. The van der Waals surface area contributed by atoms with Gasteiger partial charge < -0.3 is 37.6 Å². The Labute approximate surface area is 190 Å². The number of rotatable bonds is 15. The van der Waals surface area contributed by atoms with Crippen LogP contribution in [0.2, 0.25) is 0 Å². The number of carbonyl (C=O) groups is 6. The van der Waals surface area contributed by atoms with Crippen LogP contribution in [0.15, 0.2) is 0 Å². The summed E-state index contributed by atoms with van der Waals surface area (Å²) in [6.07, 6.45) is -1.14. The lowest BCUT2D eigenvalue weighted by Crippen LogP contribution is -2.58. The van der Waals surface area contributed by atoms with E-state index in [1.54, 1.807) is 0 Å². The van der Waals surface area contributed by atoms with Crippen LogP contribution in [0.3, 0.4) is 0 Å². The van der Waals surface area contributed by atoms with E-state index in [4.69, 9.17) is 21.7 Å². The Morgan fingerprint density at radius 2 is 1.38 bits per heavy atom. The van der Waals surface area contributed by atoms with Gasteiger partial charge in [0.15, 0.2) is 0 Å². The fraction of sp³-hybridized carbons (Fsp3) is 0.667. The van der Waals surface area contributed by atoms with Gasteiger partial charge >= 0.3 is 11.9 Å². The molecule has 0 saturated heterocycles. The van der Waals surface area contributed by atoms with Gasteiger partial charge in [-0.05, 0) is 18.8 Å². The van der Waals surface area contributed by atoms with Crippen molar-refractivity contribution in [2.24, 2.45) is 17.4 Å². The highest BCUT2D eigenvalue weighted by Gasteiger charge is 2.31. The first-order chi connectivity index (χ1) is 14.8. The summed E-state index contributed by atoms with van der Waals surface area (Å²) >= 11 is 4.01. The quantitative estimate of drug-likeness (QED) is 0.117. The molecule has 14 heteroatoms. The third-order valence-corrected chi connectivity index (χ3v) is 4.55. The van der Waals surface area contributed by atoms with Crippen molar-refractivity contribution in [1.29, 1.82) is 0 Å². The summed E-state index contributed by atoms with van der Waals surface area (Å²) in [4.78, 5) is 70.4. The van der Waals surface area contributed by atoms with Crippen molar-refractivity contribution in [2.45, 2.75) is 63.7 Å². The van der Waals surface area contributed by atoms with Gasteiger partial charge in [-0.3, -0.25) is 24.0 Å². The Kier molecular flexibility index (Phi) is 13.0. The van der Waals surface area contributed by atoms with Crippen LogP contribution >= 0.6 is 12.6 Å². The summed E-state index contributed by atoms with van der Waals surface area (Å²) in [5.41, 5.74) is 10.9. The summed E-state index contributed by atoms with van der Waals surface area (Å²) in [6, 6.07) is -5.23. The van der Waals surface area contributed by atoms with Crippen LogP contribution in [-0.2, 0) is 28.8 Å². The molecule has 4 unspecified atom stereocenters. The van der Waals surface area contributed by atoms with E-state index < -0.39 is 66.2 Å². The maximum absolute atomic E-state index is 12.6. The number of carboxylic acid groups (broad SMARTS) is 2. The largest absolute Gasteiger partial charge is 0.481 e. The molecule has 9 N–H and O–H groups in total. The van der Waals surface area contributed by atoms with Crippen LogP contribution in [-0.4, -0.2) is 75.7 Å². The van der Waals surface area contributed by atoms with E-state index >= 15 is 0 Å². The van der Waals surface area contributed by atoms with Gasteiger partial charge in [0, 0.05) is 12.2 Å². The topological polar surface area (TPSA) is 231 Å². The summed E-state index contributed by atoms with van der Waals surface area (Å²) in [6.45, 7) is 3.74. The molecule has 0 saturated carbocycles. The van der Waals surface area contributed by atoms with Crippen molar-refractivity contribution in [3.8, 4) is 0 Å². The lowest BCUT2D eigenvalue weighted by Gasteiger charge is -2.24. The van der Waals surface area contributed by atoms with E-state index in [1.807, 2.05) is 19.2 Å². The zero-order valence-electron chi connectivity index (χ0n) is 17.9. The second-order valence-corrected chi connectivity index (χ2v) is 7.91. The molecule has 0 aromatic carbocycles. The van der Waals surface area contributed by atoms with E-state index in [2.05, 4.69) is 23.3 Å². The van der Waals surface area contributed by atoms with Crippen molar-refractivity contribution in [1.82, 2.24) is 16.0 Å². The number of hydrogen-bond acceptors (Lipinski definition) is 8. The molecule has 182 valence electrons. The molecule has 0 spiro atoms. The second kappa shape index (κ2) is 14.2. The third-order valence-electron chi connectivity index (χ3n) is 4.18. The van der Waals surface area contributed by atoms with Gasteiger partial charge in [-0.1, -0.05) is 13.8 Å². The Bertz CT molecular complexity index is 717. The monoisotopic (exact) mass is 477 g/mol. The van der Waals surface area contributed by atoms with Crippen LogP contribution in [0.25, 0.3) is 0 Å². The Hall–Kier alpha value is -2.87. The third kappa shape index (κ3) is 11.5. The van der Waals surface area contributed by atoms with Crippen LogP contribution in [0, 0.1) is 5.92 Å². The van der Waals surface area contributed by atoms with Gasteiger partial charge in [-0.2, -0.15) is 12.6 Å². The summed E-state index contributed by atoms with van der Waals surface area (Å²) < 4.78 is 0. The van der Waals surface area contributed by atoms with Gasteiger partial charge in [0.05, 0.1) is 12.5 Å². The van der Waals surface area contributed by atoms with Gasteiger partial charge in [-0.25, -0.2) is 4.79 Å². The number of amides is 4. The summed E-state index contributed by atoms with van der Waals surface area (Å²) in [7, 11) is 0. The number of thiol groups is 1. The zero-order chi connectivity index (χ0) is 25.0. The minimum atomic E-state index is -1.76. The molecule has 0 aliphatic carbocycles. The van der Waals surface area contributed by atoms with Crippen LogP contribution in [0.1, 0.15) is 39.5 Å². The fourth-order valence-electron chi connectivity index (χ4n) is 2.56. The Balaban J connectivity index is 5.35. The van der Waals surface area contributed by atoms with E-state index in [-0.39, 0.29) is 24.5 Å². The molecule has 4 amide bonds. The molecular formula is C18H31N5O8S. The summed E-state index contributed by atoms with van der Waals surface area (Å²) in [5, 5.41) is 24.6. The zero-order valence-corrected chi connectivity index (χ0v) is 18.8. The molecule has 0 radical (unpaired) electrons. The van der Waals surface area contributed by atoms with Crippen LogP contribution in [0.5, 0.6) is 0 Å². The maximum Gasteiger partial charge on any atom is 0.326 e. The number of hydrogen-bond donors (Lipinski definition) is 8. The average Bonchev–Trinajstić information content (AvgIpc) is 2.66. The maximum atomic E-state index is 12.6. The van der Waals surface area contributed by atoms with Crippen LogP contribution < -0.4 is 27.4 Å². The number of carboxylic acids is 2. The van der Waals surface area contributed by atoms with E-state index in [0.717, 1.165) is 0 Å². The van der Waals surface area contributed by atoms with Gasteiger partial charge in [0.25, 0.3) is 0 Å². The lowest BCUT2D eigenvalue weighted by molar-refractivity contribution is -0.147. The number of nitrogens with two attached hydrogens (primary N) is 2.